The van der Waals surface area contributed by atoms with Gasteiger partial charge in [-0.1, -0.05) is 58.2 Å². The molecule has 2 heteroatoms. The molecule has 1 saturated carbocycles. The standard InChI is InChI=1S/C20H29NO/c1-4-20(2,3)18-12-8-9-15-14-21(19(22)13-17(15)18)16-10-6-5-7-11-16/h8-9,12,16H,4-7,10-11,13-14H2,1-3H3. The predicted molar refractivity (Wildman–Crippen MR) is 90.9 cm³/mol. The Morgan fingerprint density at radius 3 is 2.59 bits per heavy atom. The van der Waals surface area contributed by atoms with E-state index in [2.05, 4.69) is 43.9 Å². The minimum Gasteiger partial charge on any atom is -0.335 e. The largest absolute Gasteiger partial charge is 0.335 e. The number of amides is 1. The zero-order valence-corrected chi connectivity index (χ0v) is 14.3. The maximum absolute atomic E-state index is 12.7. The fourth-order valence-electron chi connectivity index (χ4n) is 4.07. The third-order valence-corrected chi connectivity index (χ3v) is 5.89. The van der Waals surface area contributed by atoms with Gasteiger partial charge in [0.25, 0.3) is 0 Å². The lowest BCUT2D eigenvalue weighted by Gasteiger charge is -2.39. The van der Waals surface area contributed by atoms with E-state index in [-0.39, 0.29) is 5.41 Å². The summed E-state index contributed by atoms with van der Waals surface area (Å²) < 4.78 is 0. The highest BCUT2D eigenvalue weighted by Gasteiger charge is 2.33. The van der Waals surface area contributed by atoms with Crippen LogP contribution in [0.2, 0.25) is 0 Å². The van der Waals surface area contributed by atoms with Gasteiger partial charge in [-0.3, -0.25) is 4.79 Å². The van der Waals surface area contributed by atoms with Gasteiger partial charge in [-0.25, -0.2) is 0 Å². The Labute approximate surface area is 134 Å². The van der Waals surface area contributed by atoms with Crippen LogP contribution in [-0.4, -0.2) is 16.8 Å². The molecular weight excluding hydrogens is 270 g/mol. The number of hydrogen-bond donors (Lipinski definition) is 0. The zero-order chi connectivity index (χ0) is 15.7. The summed E-state index contributed by atoms with van der Waals surface area (Å²) in [6.07, 6.45) is 8.00. The van der Waals surface area contributed by atoms with Gasteiger partial charge in [0.1, 0.15) is 0 Å². The molecule has 120 valence electrons. The van der Waals surface area contributed by atoms with E-state index in [1.807, 2.05) is 0 Å². The molecule has 0 atom stereocenters. The number of carbonyl (C=O) groups excluding carboxylic acids is 1. The SMILES string of the molecule is CCC(C)(C)c1cccc2c1CC(=O)N(C1CCCCC1)C2. The molecule has 0 unspecified atom stereocenters. The molecule has 0 spiro atoms. The van der Waals surface area contributed by atoms with E-state index in [0.717, 1.165) is 13.0 Å². The van der Waals surface area contributed by atoms with Crippen LogP contribution in [0.5, 0.6) is 0 Å². The minimum absolute atomic E-state index is 0.151. The van der Waals surface area contributed by atoms with E-state index in [9.17, 15) is 4.79 Å². The molecule has 1 amide bonds. The van der Waals surface area contributed by atoms with Gasteiger partial charge in [0, 0.05) is 12.6 Å². The van der Waals surface area contributed by atoms with Gasteiger partial charge < -0.3 is 4.90 Å². The van der Waals surface area contributed by atoms with E-state index >= 15 is 0 Å². The number of rotatable bonds is 3. The minimum atomic E-state index is 0.151. The molecule has 1 aliphatic heterocycles. The highest BCUT2D eigenvalue weighted by molar-refractivity contribution is 5.82. The van der Waals surface area contributed by atoms with Gasteiger partial charge in [-0.05, 0) is 41.4 Å². The molecule has 22 heavy (non-hydrogen) atoms. The van der Waals surface area contributed by atoms with Crippen molar-refractivity contribution in [2.75, 3.05) is 0 Å². The molecule has 0 radical (unpaired) electrons. The number of nitrogens with zero attached hydrogens (tertiary/aromatic N) is 1. The summed E-state index contributed by atoms with van der Waals surface area (Å²) in [5.41, 5.74) is 4.22. The molecule has 3 rings (SSSR count). The molecule has 1 aromatic rings. The van der Waals surface area contributed by atoms with Crippen LogP contribution in [0, 0.1) is 0 Å². The van der Waals surface area contributed by atoms with Crippen LogP contribution >= 0.6 is 0 Å². The fourth-order valence-corrected chi connectivity index (χ4v) is 4.07. The van der Waals surface area contributed by atoms with Gasteiger partial charge >= 0.3 is 0 Å². The molecule has 0 bridgehead atoms. The van der Waals surface area contributed by atoms with Gasteiger partial charge in [-0.2, -0.15) is 0 Å². The van der Waals surface area contributed by atoms with Crippen molar-refractivity contribution in [3.63, 3.8) is 0 Å². The van der Waals surface area contributed by atoms with Crippen LogP contribution in [0.15, 0.2) is 18.2 Å². The molecule has 2 nitrogen and oxygen atoms in total. The summed E-state index contributed by atoms with van der Waals surface area (Å²) in [6, 6.07) is 7.12. The van der Waals surface area contributed by atoms with Gasteiger partial charge in [-0.15, -0.1) is 0 Å². The monoisotopic (exact) mass is 299 g/mol. The fraction of sp³-hybridized carbons (Fsp3) is 0.650. The lowest BCUT2D eigenvalue weighted by Crippen LogP contribution is -2.45. The average Bonchev–Trinajstić information content (AvgIpc) is 2.54. The summed E-state index contributed by atoms with van der Waals surface area (Å²) in [7, 11) is 0. The summed E-state index contributed by atoms with van der Waals surface area (Å²) in [4.78, 5) is 14.9. The van der Waals surface area contributed by atoms with Crippen molar-refractivity contribution in [1.29, 1.82) is 0 Å². The van der Waals surface area contributed by atoms with Crippen LogP contribution in [0.4, 0.5) is 0 Å². The normalized spacial score (nSPS) is 20.1. The lowest BCUT2D eigenvalue weighted by atomic mass is 9.76. The Balaban J connectivity index is 1.90. The molecule has 1 heterocycles. The molecule has 1 fully saturated rings. The second-order valence-electron chi connectivity index (χ2n) is 7.67. The summed E-state index contributed by atoms with van der Waals surface area (Å²) in [6.45, 7) is 7.64. The van der Waals surface area contributed by atoms with Crippen molar-refractivity contribution in [3.05, 3.63) is 34.9 Å². The van der Waals surface area contributed by atoms with Gasteiger partial charge in [0.2, 0.25) is 5.91 Å². The molecule has 2 aliphatic rings. The predicted octanol–water partition coefficient (Wildman–Crippen LogP) is 4.59. The Bertz CT molecular complexity index is 555. The first-order valence-corrected chi connectivity index (χ1v) is 8.93. The van der Waals surface area contributed by atoms with Crippen LogP contribution in [-0.2, 0) is 23.2 Å². The van der Waals surface area contributed by atoms with Gasteiger partial charge in [0.05, 0.1) is 6.42 Å². The maximum Gasteiger partial charge on any atom is 0.227 e. The Morgan fingerprint density at radius 2 is 1.91 bits per heavy atom. The first kappa shape index (κ1) is 15.6. The summed E-state index contributed by atoms with van der Waals surface area (Å²) >= 11 is 0. The number of carbonyl (C=O) groups is 1. The van der Waals surface area contributed by atoms with E-state index < -0.39 is 0 Å². The van der Waals surface area contributed by atoms with Crippen LogP contribution in [0.3, 0.4) is 0 Å². The lowest BCUT2D eigenvalue weighted by molar-refractivity contribution is -0.135. The maximum atomic E-state index is 12.7. The van der Waals surface area contributed by atoms with Crippen LogP contribution in [0.1, 0.15) is 76.0 Å². The summed E-state index contributed by atoms with van der Waals surface area (Å²) in [5, 5.41) is 0. The van der Waals surface area contributed by atoms with E-state index in [1.54, 1.807) is 0 Å². The quantitative estimate of drug-likeness (QED) is 0.799. The third-order valence-electron chi connectivity index (χ3n) is 5.89. The molecule has 1 aliphatic carbocycles. The van der Waals surface area contributed by atoms with Crippen molar-refractivity contribution in [1.82, 2.24) is 4.90 Å². The van der Waals surface area contributed by atoms with E-state index in [0.29, 0.717) is 18.4 Å². The second-order valence-corrected chi connectivity index (χ2v) is 7.67. The van der Waals surface area contributed by atoms with Crippen LogP contribution < -0.4 is 0 Å². The van der Waals surface area contributed by atoms with E-state index in [1.165, 1.54) is 48.8 Å². The molecule has 0 saturated heterocycles. The first-order chi connectivity index (χ1) is 10.5. The highest BCUT2D eigenvalue weighted by atomic mass is 16.2. The molecule has 0 aromatic heterocycles. The smallest absolute Gasteiger partial charge is 0.227 e. The Hall–Kier alpha value is -1.31. The number of hydrogen-bond acceptors (Lipinski definition) is 1. The molecule has 0 N–H and O–H groups in total. The van der Waals surface area contributed by atoms with Gasteiger partial charge in [0.15, 0.2) is 0 Å². The van der Waals surface area contributed by atoms with Crippen molar-refractivity contribution < 1.29 is 4.79 Å². The molecular formula is C20H29NO. The van der Waals surface area contributed by atoms with Crippen molar-refractivity contribution in [2.45, 2.75) is 83.7 Å². The topological polar surface area (TPSA) is 20.3 Å². The highest BCUT2D eigenvalue weighted by Crippen LogP contribution is 2.35. The molecule has 1 aromatic carbocycles. The van der Waals surface area contributed by atoms with Crippen molar-refractivity contribution in [2.24, 2.45) is 0 Å². The summed E-state index contributed by atoms with van der Waals surface area (Å²) in [5.74, 6) is 0.346. The van der Waals surface area contributed by atoms with Crippen LogP contribution in [0.25, 0.3) is 0 Å². The number of fused-ring (bicyclic) bond motifs is 1. The average molecular weight is 299 g/mol. The van der Waals surface area contributed by atoms with E-state index in [4.69, 9.17) is 0 Å². The Morgan fingerprint density at radius 1 is 1.18 bits per heavy atom. The number of benzene rings is 1. The van der Waals surface area contributed by atoms with Crippen molar-refractivity contribution in [3.8, 4) is 0 Å². The zero-order valence-electron chi connectivity index (χ0n) is 14.3. The third kappa shape index (κ3) is 2.80. The Kier molecular flexibility index (Phi) is 4.29. The first-order valence-electron chi connectivity index (χ1n) is 8.93. The van der Waals surface area contributed by atoms with Crippen molar-refractivity contribution >= 4 is 5.91 Å². The second kappa shape index (κ2) is 6.06.